The number of ether oxygens (including phenoxy) is 3. The van der Waals surface area contributed by atoms with Gasteiger partial charge in [0.05, 0.1) is 16.1 Å². The lowest BCUT2D eigenvalue weighted by Crippen LogP contribution is -2.16. The average Bonchev–Trinajstić information content (AvgIpc) is 2.22. The maximum absolute atomic E-state index is 5.61. The fourth-order valence-electron chi connectivity index (χ4n) is 1.20. The molecule has 0 saturated heterocycles. The van der Waals surface area contributed by atoms with Crippen molar-refractivity contribution in [1.29, 1.82) is 0 Å². The van der Waals surface area contributed by atoms with Crippen LogP contribution in [0, 0.1) is 0 Å². The molecule has 1 unspecified atom stereocenters. The van der Waals surface area contributed by atoms with E-state index in [0.717, 1.165) is 14.7 Å². The standard InChI is InChI=1S/C11H14Br2O3/c1-4-15-7(2)16-11-6-10(14-3)8(12)5-9(11)13/h5-7H,4H2,1-3H3. The van der Waals surface area contributed by atoms with Gasteiger partial charge in [0.25, 0.3) is 0 Å². The van der Waals surface area contributed by atoms with E-state index < -0.39 is 0 Å². The van der Waals surface area contributed by atoms with Crippen LogP contribution in [0.25, 0.3) is 0 Å². The van der Waals surface area contributed by atoms with Gasteiger partial charge in [-0.15, -0.1) is 0 Å². The summed E-state index contributed by atoms with van der Waals surface area (Å²) in [6.45, 7) is 4.40. The van der Waals surface area contributed by atoms with Crippen LogP contribution in [0.3, 0.4) is 0 Å². The largest absolute Gasteiger partial charge is 0.495 e. The van der Waals surface area contributed by atoms with Crippen molar-refractivity contribution in [2.75, 3.05) is 13.7 Å². The second kappa shape index (κ2) is 6.47. The molecule has 0 aliphatic heterocycles. The number of halogens is 2. The molecule has 0 amide bonds. The fraction of sp³-hybridized carbons (Fsp3) is 0.455. The molecule has 0 bridgehead atoms. The van der Waals surface area contributed by atoms with Crippen LogP contribution in [0.5, 0.6) is 11.5 Å². The van der Waals surface area contributed by atoms with E-state index in [4.69, 9.17) is 14.2 Å². The van der Waals surface area contributed by atoms with E-state index in [2.05, 4.69) is 31.9 Å². The Kier molecular flexibility index (Phi) is 5.58. The molecule has 0 saturated carbocycles. The van der Waals surface area contributed by atoms with Crippen LogP contribution < -0.4 is 9.47 Å². The van der Waals surface area contributed by atoms with Gasteiger partial charge in [0, 0.05) is 12.7 Å². The maximum Gasteiger partial charge on any atom is 0.197 e. The van der Waals surface area contributed by atoms with Gasteiger partial charge in [-0.05, 0) is 51.8 Å². The highest BCUT2D eigenvalue weighted by molar-refractivity contribution is 9.11. The normalized spacial score (nSPS) is 12.3. The lowest BCUT2D eigenvalue weighted by atomic mass is 10.3. The smallest absolute Gasteiger partial charge is 0.197 e. The minimum Gasteiger partial charge on any atom is -0.495 e. The molecule has 0 heterocycles. The number of hydrogen-bond donors (Lipinski definition) is 0. The van der Waals surface area contributed by atoms with Crippen molar-refractivity contribution in [1.82, 2.24) is 0 Å². The molecule has 0 aromatic heterocycles. The number of hydrogen-bond acceptors (Lipinski definition) is 3. The predicted molar refractivity (Wildman–Crippen MR) is 70.1 cm³/mol. The molecule has 0 aliphatic carbocycles. The van der Waals surface area contributed by atoms with Crippen LogP contribution in [0.15, 0.2) is 21.1 Å². The molecule has 0 spiro atoms. The van der Waals surface area contributed by atoms with Crippen molar-refractivity contribution >= 4 is 31.9 Å². The first kappa shape index (κ1) is 13.8. The summed E-state index contributed by atoms with van der Waals surface area (Å²) in [4.78, 5) is 0. The van der Waals surface area contributed by atoms with Gasteiger partial charge in [0.15, 0.2) is 6.29 Å². The molecule has 5 heteroatoms. The van der Waals surface area contributed by atoms with Gasteiger partial charge < -0.3 is 14.2 Å². The molecule has 0 N–H and O–H groups in total. The van der Waals surface area contributed by atoms with Gasteiger partial charge in [-0.25, -0.2) is 0 Å². The molecule has 1 atom stereocenters. The summed E-state index contributed by atoms with van der Waals surface area (Å²) in [5, 5.41) is 0. The lowest BCUT2D eigenvalue weighted by Gasteiger charge is -2.16. The van der Waals surface area contributed by atoms with Crippen LogP contribution in [-0.4, -0.2) is 20.0 Å². The molecule has 1 aromatic rings. The van der Waals surface area contributed by atoms with Crippen molar-refractivity contribution in [3.8, 4) is 11.5 Å². The van der Waals surface area contributed by atoms with Gasteiger partial charge in [0.2, 0.25) is 0 Å². The molecule has 3 nitrogen and oxygen atoms in total. The number of methoxy groups -OCH3 is 1. The van der Waals surface area contributed by atoms with Gasteiger partial charge in [-0.2, -0.15) is 0 Å². The zero-order valence-electron chi connectivity index (χ0n) is 9.42. The van der Waals surface area contributed by atoms with Gasteiger partial charge in [-0.1, -0.05) is 0 Å². The third-order valence-electron chi connectivity index (χ3n) is 1.90. The minimum absolute atomic E-state index is 0.285. The van der Waals surface area contributed by atoms with Crippen molar-refractivity contribution in [3.63, 3.8) is 0 Å². The lowest BCUT2D eigenvalue weighted by molar-refractivity contribution is -0.0617. The zero-order chi connectivity index (χ0) is 12.1. The Morgan fingerprint density at radius 1 is 1.19 bits per heavy atom. The second-order valence-corrected chi connectivity index (χ2v) is 4.77. The van der Waals surface area contributed by atoms with E-state index in [0.29, 0.717) is 12.4 Å². The Bertz CT molecular complexity index is 355. The summed E-state index contributed by atoms with van der Waals surface area (Å²) in [5.41, 5.74) is 0. The van der Waals surface area contributed by atoms with Crippen LogP contribution in [0.1, 0.15) is 13.8 Å². The van der Waals surface area contributed by atoms with Crippen LogP contribution >= 0.6 is 31.9 Å². The third-order valence-corrected chi connectivity index (χ3v) is 3.14. The van der Waals surface area contributed by atoms with E-state index >= 15 is 0 Å². The monoisotopic (exact) mass is 352 g/mol. The Morgan fingerprint density at radius 3 is 2.38 bits per heavy atom. The molecular formula is C11H14Br2O3. The van der Waals surface area contributed by atoms with Crippen molar-refractivity contribution in [2.45, 2.75) is 20.1 Å². The highest BCUT2D eigenvalue weighted by Crippen LogP contribution is 2.36. The van der Waals surface area contributed by atoms with Crippen LogP contribution in [0.2, 0.25) is 0 Å². The summed E-state index contributed by atoms with van der Waals surface area (Å²) in [5.74, 6) is 1.42. The quantitative estimate of drug-likeness (QED) is 0.749. The van der Waals surface area contributed by atoms with Crippen molar-refractivity contribution in [3.05, 3.63) is 21.1 Å². The minimum atomic E-state index is -0.285. The predicted octanol–water partition coefficient (Wildman–Crippen LogP) is 3.98. The number of rotatable bonds is 5. The van der Waals surface area contributed by atoms with E-state index in [1.807, 2.05) is 26.0 Å². The Hall–Kier alpha value is -0.260. The first-order valence-electron chi connectivity index (χ1n) is 4.89. The zero-order valence-corrected chi connectivity index (χ0v) is 12.6. The van der Waals surface area contributed by atoms with E-state index in [1.54, 1.807) is 7.11 Å². The summed E-state index contributed by atoms with van der Waals surface area (Å²) in [6.07, 6.45) is -0.285. The summed E-state index contributed by atoms with van der Waals surface area (Å²) < 4.78 is 17.8. The highest BCUT2D eigenvalue weighted by atomic mass is 79.9. The maximum atomic E-state index is 5.61. The van der Waals surface area contributed by atoms with E-state index in [9.17, 15) is 0 Å². The fourth-order valence-corrected chi connectivity index (χ4v) is 2.45. The van der Waals surface area contributed by atoms with Gasteiger partial charge >= 0.3 is 0 Å². The Balaban J connectivity index is 2.87. The number of benzene rings is 1. The molecular weight excluding hydrogens is 340 g/mol. The summed E-state index contributed by atoms with van der Waals surface area (Å²) in [7, 11) is 1.61. The average molecular weight is 354 g/mol. The van der Waals surface area contributed by atoms with Gasteiger partial charge in [0.1, 0.15) is 11.5 Å². The molecule has 0 aliphatic rings. The van der Waals surface area contributed by atoms with Crippen molar-refractivity contribution < 1.29 is 14.2 Å². The van der Waals surface area contributed by atoms with E-state index in [1.165, 1.54) is 0 Å². The highest BCUT2D eigenvalue weighted by Gasteiger charge is 2.11. The molecule has 16 heavy (non-hydrogen) atoms. The third kappa shape index (κ3) is 3.64. The van der Waals surface area contributed by atoms with Crippen LogP contribution in [-0.2, 0) is 4.74 Å². The Morgan fingerprint density at radius 2 is 1.81 bits per heavy atom. The first-order valence-corrected chi connectivity index (χ1v) is 6.48. The molecule has 0 radical (unpaired) electrons. The van der Waals surface area contributed by atoms with Crippen molar-refractivity contribution in [2.24, 2.45) is 0 Å². The first-order chi connectivity index (χ1) is 7.58. The molecule has 1 aromatic carbocycles. The van der Waals surface area contributed by atoms with Gasteiger partial charge in [-0.3, -0.25) is 0 Å². The van der Waals surface area contributed by atoms with Crippen LogP contribution in [0.4, 0.5) is 0 Å². The Labute approximate surface area is 112 Å². The summed E-state index contributed by atoms with van der Waals surface area (Å²) in [6, 6.07) is 3.69. The SMILES string of the molecule is CCOC(C)Oc1cc(OC)c(Br)cc1Br. The molecule has 90 valence electrons. The van der Waals surface area contributed by atoms with E-state index in [-0.39, 0.29) is 6.29 Å². The second-order valence-electron chi connectivity index (χ2n) is 3.06. The topological polar surface area (TPSA) is 27.7 Å². The molecule has 1 rings (SSSR count). The molecule has 0 fully saturated rings. The summed E-state index contributed by atoms with van der Waals surface area (Å²) >= 11 is 6.82.